The van der Waals surface area contributed by atoms with E-state index in [1.807, 2.05) is 52.8 Å². The number of hydrogen-bond acceptors (Lipinski definition) is 2. The summed E-state index contributed by atoms with van der Waals surface area (Å²) in [7, 11) is -0.345. The van der Waals surface area contributed by atoms with Crippen LogP contribution in [-0.2, 0) is 9.31 Å². The fourth-order valence-electron chi connectivity index (χ4n) is 1.92. The zero-order chi connectivity index (χ0) is 13.6. The largest absolute Gasteiger partial charge is 0.494 e. The normalized spacial score (nSPS) is 20.8. The van der Waals surface area contributed by atoms with E-state index in [1.165, 1.54) is 0 Å². The van der Waals surface area contributed by atoms with E-state index in [0.29, 0.717) is 0 Å². The molecule has 1 aromatic carbocycles. The zero-order valence-electron chi connectivity index (χ0n) is 11.7. The lowest BCUT2D eigenvalue weighted by atomic mass is 9.78. The summed E-state index contributed by atoms with van der Waals surface area (Å²) >= 11 is 0. The molecule has 3 heteroatoms. The first-order valence-corrected chi connectivity index (χ1v) is 6.20. The molecule has 1 fully saturated rings. The van der Waals surface area contributed by atoms with Gasteiger partial charge in [-0.1, -0.05) is 18.1 Å². The van der Waals surface area contributed by atoms with Crippen LogP contribution in [-0.4, -0.2) is 18.3 Å². The lowest BCUT2D eigenvalue weighted by molar-refractivity contribution is 0.00578. The van der Waals surface area contributed by atoms with Gasteiger partial charge in [-0.3, -0.25) is 0 Å². The second-order valence-corrected chi connectivity index (χ2v) is 5.81. The van der Waals surface area contributed by atoms with Crippen LogP contribution in [0.5, 0.6) is 0 Å². The molecule has 1 aliphatic rings. The predicted molar refractivity (Wildman–Crippen MR) is 74.8 cm³/mol. The van der Waals surface area contributed by atoms with Crippen LogP contribution in [0.3, 0.4) is 0 Å². The average Bonchev–Trinajstić information content (AvgIpc) is 2.49. The van der Waals surface area contributed by atoms with E-state index in [0.717, 1.165) is 16.6 Å². The van der Waals surface area contributed by atoms with Crippen LogP contribution in [0.25, 0.3) is 0 Å². The molecule has 0 spiro atoms. The minimum Gasteiger partial charge on any atom is -0.399 e. The summed E-state index contributed by atoms with van der Waals surface area (Å²) in [5.74, 6) is 2.69. The lowest BCUT2D eigenvalue weighted by Crippen LogP contribution is -2.41. The van der Waals surface area contributed by atoms with E-state index in [9.17, 15) is 0 Å². The van der Waals surface area contributed by atoms with Crippen molar-refractivity contribution in [2.45, 2.75) is 45.8 Å². The minimum atomic E-state index is -0.345. The van der Waals surface area contributed by atoms with Gasteiger partial charge in [-0.05, 0) is 51.7 Å². The first-order valence-electron chi connectivity index (χ1n) is 6.20. The van der Waals surface area contributed by atoms with Gasteiger partial charge in [0, 0.05) is 5.56 Å². The Hall–Kier alpha value is -1.24. The van der Waals surface area contributed by atoms with Gasteiger partial charge < -0.3 is 9.31 Å². The first kappa shape index (κ1) is 13.2. The molecule has 0 N–H and O–H groups in total. The lowest BCUT2D eigenvalue weighted by Gasteiger charge is -2.32. The van der Waals surface area contributed by atoms with Crippen molar-refractivity contribution in [1.29, 1.82) is 0 Å². The molecule has 0 aliphatic carbocycles. The molecule has 0 saturated carbocycles. The molecule has 0 unspecified atom stereocenters. The molecular weight excluding hydrogens is 223 g/mol. The smallest absolute Gasteiger partial charge is 0.399 e. The van der Waals surface area contributed by atoms with Crippen LogP contribution in [0.15, 0.2) is 18.2 Å². The van der Waals surface area contributed by atoms with Crippen molar-refractivity contribution in [3.63, 3.8) is 0 Å². The number of aryl methyl sites for hydroxylation is 1. The van der Waals surface area contributed by atoms with E-state index >= 15 is 0 Å². The van der Waals surface area contributed by atoms with Gasteiger partial charge in [0.15, 0.2) is 0 Å². The summed E-state index contributed by atoms with van der Waals surface area (Å²) in [6, 6.07) is 5.99. The molecule has 0 radical (unpaired) electrons. The van der Waals surface area contributed by atoms with E-state index in [-0.39, 0.29) is 18.3 Å². The summed E-state index contributed by atoms with van der Waals surface area (Å²) in [5.41, 5.74) is 2.32. The molecular formula is C15H19BO2. The highest BCUT2D eigenvalue weighted by atomic mass is 16.7. The van der Waals surface area contributed by atoms with E-state index < -0.39 is 0 Å². The topological polar surface area (TPSA) is 18.5 Å². The Morgan fingerprint density at radius 1 is 1.11 bits per heavy atom. The first-order chi connectivity index (χ1) is 8.27. The molecule has 0 atom stereocenters. The molecule has 1 aliphatic heterocycles. The Bertz CT molecular complexity index is 496. The Labute approximate surface area is 110 Å². The third-order valence-electron chi connectivity index (χ3n) is 3.94. The van der Waals surface area contributed by atoms with Gasteiger partial charge in [0.25, 0.3) is 0 Å². The maximum absolute atomic E-state index is 6.00. The van der Waals surface area contributed by atoms with Crippen molar-refractivity contribution in [3.8, 4) is 12.3 Å². The Morgan fingerprint density at radius 2 is 1.67 bits per heavy atom. The third kappa shape index (κ3) is 2.07. The van der Waals surface area contributed by atoms with Crippen LogP contribution in [0.1, 0.15) is 38.8 Å². The van der Waals surface area contributed by atoms with Crippen molar-refractivity contribution < 1.29 is 9.31 Å². The van der Waals surface area contributed by atoms with E-state index in [1.54, 1.807) is 0 Å². The number of rotatable bonds is 1. The zero-order valence-corrected chi connectivity index (χ0v) is 11.7. The van der Waals surface area contributed by atoms with Gasteiger partial charge >= 0.3 is 7.12 Å². The number of terminal acetylenes is 1. The highest BCUT2D eigenvalue weighted by molar-refractivity contribution is 6.62. The summed E-state index contributed by atoms with van der Waals surface area (Å²) in [6.45, 7) is 10.2. The second-order valence-electron chi connectivity index (χ2n) is 5.81. The predicted octanol–water partition coefficient (Wildman–Crippen LogP) is 2.28. The van der Waals surface area contributed by atoms with Gasteiger partial charge in [0.2, 0.25) is 0 Å². The van der Waals surface area contributed by atoms with Crippen molar-refractivity contribution in [2.75, 3.05) is 0 Å². The van der Waals surface area contributed by atoms with Crippen LogP contribution >= 0.6 is 0 Å². The second kappa shape index (κ2) is 4.15. The quantitative estimate of drug-likeness (QED) is 0.555. The van der Waals surface area contributed by atoms with Crippen LogP contribution < -0.4 is 5.46 Å². The SMILES string of the molecule is C#Cc1cc(B2OC(C)(C)C(C)(C)O2)ccc1C. The van der Waals surface area contributed by atoms with Crippen molar-refractivity contribution in [2.24, 2.45) is 0 Å². The standard InChI is InChI=1S/C15H19BO2/c1-7-12-10-13(9-8-11(12)2)16-17-14(3,4)15(5,6)18-16/h1,8-10H,2-6H3. The fourth-order valence-corrected chi connectivity index (χ4v) is 1.92. The molecule has 0 bridgehead atoms. The summed E-state index contributed by atoms with van der Waals surface area (Å²) in [5, 5.41) is 0. The maximum atomic E-state index is 6.00. The van der Waals surface area contributed by atoms with Gasteiger partial charge in [-0.25, -0.2) is 0 Å². The Balaban J connectivity index is 2.33. The number of hydrogen-bond donors (Lipinski definition) is 0. The van der Waals surface area contributed by atoms with Gasteiger partial charge in [0.1, 0.15) is 0 Å². The molecule has 1 heterocycles. The molecule has 18 heavy (non-hydrogen) atoms. The van der Waals surface area contributed by atoms with Crippen LogP contribution in [0.2, 0.25) is 0 Å². The van der Waals surface area contributed by atoms with Crippen molar-refractivity contribution in [3.05, 3.63) is 29.3 Å². The fraction of sp³-hybridized carbons (Fsp3) is 0.467. The molecule has 2 nitrogen and oxygen atoms in total. The van der Waals surface area contributed by atoms with Gasteiger partial charge in [0.05, 0.1) is 11.2 Å². The van der Waals surface area contributed by atoms with E-state index in [2.05, 4.69) is 5.92 Å². The molecule has 0 aromatic heterocycles. The minimum absolute atomic E-state index is 0.321. The molecule has 0 amide bonds. The summed E-state index contributed by atoms with van der Waals surface area (Å²) in [4.78, 5) is 0. The van der Waals surface area contributed by atoms with Gasteiger partial charge in [-0.2, -0.15) is 0 Å². The average molecular weight is 242 g/mol. The van der Waals surface area contributed by atoms with Gasteiger partial charge in [-0.15, -0.1) is 6.42 Å². The Kier molecular flexibility index (Phi) is 3.05. The van der Waals surface area contributed by atoms with Crippen molar-refractivity contribution in [1.82, 2.24) is 0 Å². The van der Waals surface area contributed by atoms with Crippen LogP contribution in [0.4, 0.5) is 0 Å². The third-order valence-corrected chi connectivity index (χ3v) is 3.94. The monoisotopic (exact) mass is 242 g/mol. The molecule has 1 aromatic rings. The number of benzene rings is 1. The molecule has 1 saturated heterocycles. The molecule has 2 rings (SSSR count). The van der Waals surface area contributed by atoms with Crippen molar-refractivity contribution >= 4 is 12.6 Å². The highest BCUT2D eigenvalue weighted by Gasteiger charge is 2.51. The summed E-state index contributed by atoms with van der Waals surface area (Å²) < 4.78 is 12.0. The highest BCUT2D eigenvalue weighted by Crippen LogP contribution is 2.36. The summed E-state index contributed by atoms with van der Waals surface area (Å²) in [6.07, 6.45) is 5.49. The van der Waals surface area contributed by atoms with Crippen LogP contribution in [0, 0.1) is 19.3 Å². The molecule has 94 valence electrons. The Morgan fingerprint density at radius 3 is 2.17 bits per heavy atom. The maximum Gasteiger partial charge on any atom is 0.494 e. The van der Waals surface area contributed by atoms with E-state index in [4.69, 9.17) is 15.7 Å².